The Morgan fingerprint density at radius 3 is 2.65 bits per heavy atom. The number of carboxylic acids is 1. The van der Waals surface area contributed by atoms with Crippen molar-refractivity contribution in [1.82, 2.24) is 5.32 Å². The number of amides is 1. The summed E-state index contributed by atoms with van der Waals surface area (Å²) in [7, 11) is 0. The van der Waals surface area contributed by atoms with Crippen LogP contribution in [0.4, 0.5) is 0 Å². The van der Waals surface area contributed by atoms with Crippen molar-refractivity contribution < 1.29 is 14.7 Å². The molecule has 0 bridgehead atoms. The van der Waals surface area contributed by atoms with Crippen LogP contribution >= 0.6 is 38.5 Å². The van der Waals surface area contributed by atoms with E-state index in [2.05, 4.69) is 43.8 Å². The molecule has 2 N–H and O–H groups in total. The van der Waals surface area contributed by atoms with Crippen LogP contribution in [0.25, 0.3) is 0 Å². The fourth-order valence-electron chi connectivity index (χ4n) is 2.45. The zero-order chi connectivity index (χ0) is 14.8. The zero-order valence-corrected chi connectivity index (χ0v) is 14.5. The summed E-state index contributed by atoms with van der Waals surface area (Å²) in [5, 5.41) is 11.8. The third kappa shape index (κ3) is 3.72. The normalized spacial score (nSPS) is 16.3. The molecule has 0 atom stereocenters. The van der Waals surface area contributed by atoms with Crippen LogP contribution in [0.5, 0.6) is 0 Å². The Bertz CT molecular complexity index is 543. The molecule has 0 heterocycles. The Morgan fingerprint density at radius 1 is 1.40 bits per heavy atom. The number of carbonyl (C=O) groups is 2. The van der Waals surface area contributed by atoms with Crippen LogP contribution in [-0.4, -0.2) is 23.5 Å². The van der Waals surface area contributed by atoms with Crippen LogP contribution in [0.1, 0.15) is 36.0 Å². The molecule has 1 aliphatic rings. The van der Waals surface area contributed by atoms with E-state index in [4.69, 9.17) is 5.11 Å². The maximum Gasteiger partial charge on any atom is 0.303 e. The molecule has 1 aromatic rings. The lowest BCUT2D eigenvalue weighted by molar-refractivity contribution is -0.141. The van der Waals surface area contributed by atoms with E-state index in [0.29, 0.717) is 12.1 Å². The van der Waals surface area contributed by atoms with Gasteiger partial charge < -0.3 is 10.4 Å². The number of hydrogen-bond acceptors (Lipinski definition) is 2. The number of benzene rings is 1. The van der Waals surface area contributed by atoms with Gasteiger partial charge in [0, 0.05) is 14.6 Å². The largest absolute Gasteiger partial charge is 0.481 e. The first-order chi connectivity index (χ1) is 9.42. The van der Waals surface area contributed by atoms with Crippen LogP contribution in [0.2, 0.25) is 0 Å². The summed E-state index contributed by atoms with van der Waals surface area (Å²) in [6.07, 6.45) is 2.90. The van der Waals surface area contributed by atoms with Gasteiger partial charge in [-0.2, -0.15) is 0 Å². The van der Waals surface area contributed by atoms with E-state index in [-0.39, 0.29) is 17.7 Å². The molecule has 108 valence electrons. The first-order valence-corrected chi connectivity index (χ1v) is 8.24. The van der Waals surface area contributed by atoms with Crippen LogP contribution < -0.4 is 5.32 Å². The monoisotopic (exact) mass is 451 g/mol. The number of aliphatic carboxylic acids is 1. The third-order valence-corrected chi connectivity index (χ3v) is 5.10. The lowest BCUT2D eigenvalue weighted by Crippen LogP contribution is -2.43. The third-order valence-electron chi connectivity index (χ3n) is 3.74. The highest BCUT2D eigenvalue weighted by molar-refractivity contribution is 14.1. The Kier molecular flexibility index (Phi) is 5.06. The summed E-state index contributed by atoms with van der Waals surface area (Å²) >= 11 is 5.52. The first-order valence-electron chi connectivity index (χ1n) is 6.37. The van der Waals surface area contributed by atoms with Gasteiger partial charge in [0.15, 0.2) is 0 Å². The standard InChI is InChI=1S/C14H15BrINO3/c15-11-3-2-9(16)6-10(11)13(20)17-8-14(4-1-5-14)7-12(18)19/h2-3,6H,1,4-5,7-8H2,(H,17,20)(H,18,19). The summed E-state index contributed by atoms with van der Waals surface area (Å²) in [4.78, 5) is 23.1. The van der Waals surface area contributed by atoms with Gasteiger partial charge >= 0.3 is 5.97 Å². The summed E-state index contributed by atoms with van der Waals surface area (Å²) in [6.45, 7) is 0.427. The Hall–Kier alpha value is -0.630. The van der Waals surface area contributed by atoms with Gasteiger partial charge in [0.2, 0.25) is 0 Å². The highest BCUT2D eigenvalue weighted by atomic mass is 127. The Morgan fingerprint density at radius 2 is 2.10 bits per heavy atom. The van der Waals surface area contributed by atoms with E-state index in [1.54, 1.807) is 0 Å². The van der Waals surface area contributed by atoms with Crippen LogP contribution in [-0.2, 0) is 4.79 Å². The Balaban J connectivity index is 2.01. The van der Waals surface area contributed by atoms with Crippen molar-refractivity contribution in [2.45, 2.75) is 25.7 Å². The molecule has 0 spiro atoms. The molecule has 0 saturated heterocycles. The van der Waals surface area contributed by atoms with Crippen molar-refractivity contribution >= 4 is 50.4 Å². The summed E-state index contributed by atoms with van der Waals surface area (Å²) < 4.78 is 1.73. The van der Waals surface area contributed by atoms with E-state index < -0.39 is 5.97 Å². The first kappa shape index (κ1) is 15.8. The van der Waals surface area contributed by atoms with Gasteiger partial charge in [-0.15, -0.1) is 0 Å². The van der Waals surface area contributed by atoms with Gasteiger partial charge in [0.05, 0.1) is 12.0 Å². The van der Waals surface area contributed by atoms with E-state index in [0.717, 1.165) is 27.3 Å². The molecule has 1 amide bonds. The molecule has 1 fully saturated rings. The van der Waals surface area contributed by atoms with Crippen LogP contribution in [0, 0.1) is 8.99 Å². The number of halogens is 2. The second-order valence-electron chi connectivity index (χ2n) is 5.23. The van der Waals surface area contributed by atoms with E-state index in [9.17, 15) is 9.59 Å². The van der Waals surface area contributed by atoms with Crippen molar-refractivity contribution in [3.8, 4) is 0 Å². The highest BCUT2D eigenvalue weighted by Crippen LogP contribution is 2.43. The average Bonchev–Trinajstić information content (AvgIpc) is 2.34. The minimum Gasteiger partial charge on any atom is -0.481 e. The fraction of sp³-hybridized carbons (Fsp3) is 0.429. The van der Waals surface area contributed by atoms with Gasteiger partial charge in [-0.05, 0) is 75.0 Å². The molecule has 20 heavy (non-hydrogen) atoms. The van der Waals surface area contributed by atoms with Crippen molar-refractivity contribution in [2.75, 3.05) is 6.54 Å². The lowest BCUT2D eigenvalue weighted by atomic mass is 9.66. The number of nitrogens with one attached hydrogen (secondary N) is 1. The molecule has 6 heteroatoms. The SMILES string of the molecule is O=C(O)CC1(CNC(=O)c2cc(I)ccc2Br)CCC1. The van der Waals surface area contributed by atoms with Gasteiger partial charge in [-0.3, -0.25) is 9.59 Å². The number of carboxylic acid groups (broad SMARTS) is 1. The highest BCUT2D eigenvalue weighted by Gasteiger charge is 2.39. The smallest absolute Gasteiger partial charge is 0.303 e. The topological polar surface area (TPSA) is 66.4 Å². The molecule has 2 rings (SSSR count). The molecular weight excluding hydrogens is 437 g/mol. The van der Waals surface area contributed by atoms with Gasteiger partial charge in [-0.1, -0.05) is 6.42 Å². The van der Waals surface area contributed by atoms with Crippen molar-refractivity contribution in [1.29, 1.82) is 0 Å². The van der Waals surface area contributed by atoms with E-state index in [1.807, 2.05) is 18.2 Å². The number of hydrogen-bond donors (Lipinski definition) is 2. The summed E-state index contributed by atoms with van der Waals surface area (Å²) in [5.74, 6) is -0.957. The van der Waals surface area contributed by atoms with Gasteiger partial charge in [-0.25, -0.2) is 0 Å². The zero-order valence-electron chi connectivity index (χ0n) is 10.8. The number of rotatable bonds is 5. The van der Waals surface area contributed by atoms with Crippen LogP contribution in [0.3, 0.4) is 0 Å². The van der Waals surface area contributed by atoms with Crippen molar-refractivity contribution in [3.05, 3.63) is 31.8 Å². The minimum atomic E-state index is -0.797. The molecular formula is C14H15BrINO3. The molecule has 0 radical (unpaired) electrons. The van der Waals surface area contributed by atoms with Crippen molar-refractivity contribution in [3.63, 3.8) is 0 Å². The second-order valence-corrected chi connectivity index (χ2v) is 7.33. The maximum absolute atomic E-state index is 12.2. The fourth-order valence-corrected chi connectivity index (χ4v) is 3.37. The molecule has 1 aromatic carbocycles. The minimum absolute atomic E-state index is 0.126. The van der Waals surface area contributed by atoms with Gasteiger partial charge in [0.1, 0.15) is 0 Å². The molecule has 0 aliphatic heterocycles. The number of carbonyl (C=O) groups excluding carboxylic acids is 1. The quantitative estimate of drug-likeness (QED) is 0.674. The van der Waals surface area contributed by atoms with Gasteiger partial charge in [0.25, 0.3) is 5.91 Å². The molecule has 0 aromatic heterocycles. The molecule has 0 unspecified atom stereocenters. The summed E-state index contributed by atoms with van der Waals surface area (Å²) in [6, 6.07) is 5.57. The maximum atomic E-state index is 12.2. The predicted molar refractivity (Wildman–Crippen MR) is 87.7 cm³/mol. The lowest BCUT2D eigenvalue weighted by Gasteiger charge is -2.40. The van der Waals surface area contributed by atoms with E-state index >= 15 is 0 Å². The second kappa shape index (κ2) is 6.43. The molecule has 1 saturated carbocycles. The van der Waals surface area contributed by atoms with Crippen molar-refractivity contribution in [2.24, 2.45) is 5.41 Å². The predicted octanol–water partition coefficient (Wildman–Crippen LogP) is 3.43. The molecule has 4 nitrogen and oxygen atoms in total. The average molecular weight is 452 g/mol. The van der Waals surface area contributed by atoms with Crippen LogP contribution in [0.15, 0.2) is 22.7 Å². The Labute approximate surface area is 139 Å². The summed E-state index contributed by atoms with van der Waals surface area (Å²) in [5.41, 5.74) is 0.331. The van der Waals surface area contributed by atoms with E-state index in [1.165, 1.54) is 0 Å². The molecule has 1 aliphatic carbocycles.